The number of nitrogens with one attached hydrogen (secondary N) is 1. The molecule has 1 amide bonds. The van der Waals surface area contributed by atoms with Crippen molar-refractivity contribution in [3.05, 3.63) is 53.6 Å². The molecule has 3 rings (SSSR count). The second kappa shape index (κ2) is 9.65. The lowest BCUT2D eigenvalue weighted by molar-refractivity contribution is -0.274. The van der Waals surface area contributed by atoms with E-state index in [-0.39, 0.29) is 34.7 Å². The number of rotatable bonds is 6. The first-order valence-corrected chi connectivity index (χ1v) is 11.4. The highest BCUT2D eigenvalue weighted by molar-refractivity contribution is 7.89. The SMILES string of the molecule is CC(C(=O)Nc1ccc(OC(F)(F)F)cc1)N1CCN(S(=O)(=O)c2ccccc2Cl)CC1. The first-order chi connectivity index (χ1) is 15.0. The summed E-state index contributed by atoms with van der Waals surface area (Å²) in [5.41, 5.74) is 0.316. The Labute approximate surface area is 188 Å². The smallest absolute Gasteiger partial charge is 0.406 e. The van der Waals surface area contributed by atoms with Gasteiger partial charge in [-0.05, 0) is 43.3 Å². The standard InChI is InChI=1S/C20H21ClF3N3O4S/c1-14(19(28)25-15-6-8-16(9-7-15)31-20(22,23)24)26-10-12-27(13-11-26)32(29,30)18-5-3-2-4-17(18)21/h2-9,14H,10-13H2,1H3,(H,25,28). The van der Waals surface area contributed by atoms with E-state index >= 15 is 0 Å². The van der Waals surface area contributed by atoms with Gasteiger partial charge in [0, 0.05) is 31.9 Å². The molecular formula is C20H21ClF3N3O4S. The minimum absolute atomic E-state index is 0.0406. The molecule has 1 atom stereocenters. The van der Waals surface area contributed by atoms with Crippen molar-refractivity contribution in [2.75, 3.05) is 31.5 Å². The molecule has 1 heterocycles. The summed E-state index contributed by atoms with van der Waals surface area (Å²) in [6, 6.07) is 10.5. The third kappa shape index (κ3) is 5.91. The molecule has 174 valence electrons. The number of piperazine rings is 1. The van der Waals surface area contributed by atoms with Crippen LogP contribution < -0.4 is 10.1 Å². The van der Waals surface area contributed by atoms with Crippen molar-refractivity contribution in [2.24, 2.45) is 0 Å². The Morgan fingerprint density at radius 3 is 2.22 bits per heavy atom. The predicted octanol–water partition coefficient (Wildman–Crippen LogP) is 3.57. The van der Waals surface area contributed by atoms with Crippen LogP contribution in [0.2, 0.25) is 5.02 Å². The van der Waals surface area contributed by atoms with Crippen LogP contribution in [0, 0.1) is 0 Å². The van der Waals surface area contributed by atoms with Gasteiger partial charge in [0.25, 0.3) is 0 Å². The van der Waals surface area contributed by atoms with Gasteiger partial charge in [-0.25, -0.2) is 8.42 Å². The van der Waals surface area contributed by atoms with Gasteiger partial charge in [-0.2, -0.15) is 4.31 Å². The molecule has 1 aliphatic rings. The number of amides is 1. The number of benzene rings is 2. The van der Waals surface area contributed by atoms with Crippen LogP contribution in [0.3, 0.4) is 0 Å². The van der Waals surface area contributed by atoms with E-state index in [4.69, 9.17) is 11.6 Å². The van der Waals surface area contributed by atoms with Crippen LogP contribution in [-0.4, -0.2) is 62.1 Å². The van der Waals surface area contributed by atoms with Crippen molar-refractivity contribution in [2.45, 2.75) is 24.2 Å². The van der Waals surface area contributed by atoms with E-state index in [1.165, 1.54) is 28.6 Å². The molecule has 1 fully saturated rings. The number of carbonyl (C=O) groups excluding carboxylic acids is 1. The van der Waals surface area contributed by atoms with Crippen LogP contribution >= 0.6 is 11.6 Å². The van der Waals surface area contributed by atoms with Crippen molar-refractivity contribution in [1.82, 2.24) is 9.21 Å². The van der Waals surface area contributed by atoms with Crippen LogP contribution in [0.4, 0.5) is 18.9 Å². The Bertz CT molecular complexity index is 1060. The molecule has 12 heteroatoms. The van der Waals surface area contributed by atoms with E-state index < -0.39 is 22.4 Å². The maximum Gasteiger partial charge on any atom is 0.573 e. The summed E-state index contributed by atoms with van der Waals surface area (Å²) < 4.78 is 67.5. The average molecular weight is 492 g/mol. The highest BCUT2D eigenvalue weighted by atomic mass is 35.5. The van der Waals surface area contributed by atoms with Gasteiger partial charge < -0.3 is 10.1 Å². The van der Waals surface area contributed by atoms with Crippen molar-refractivity contribution in [1.29, 1.82) is 0 Å². The predicted molar refractivity (Wildman–Crippen MR) is 113 cm³/mol. The van der Waals surface area contributed by atoms with Crippen molar-refractivity contribution in [3.8, 4) is 5.75 Å². The first-order valence-electron chi connectivity index (χ1n) is 9.63. The fraction of sp³-hybridized carbons (Fsp3) is 0.350. The number of anilines is 1. The van der Waals surface area contributed by atoms with Crippen molar-refractivity contribution < 1.29 is 31.1 Å². The molecule has 2 aromatic carbocycles. The number of ether oxygens (including phenoxy) is 1. The molecule has 1 unspecified atom stereocenters. The molecule has 1 N–H and O–H groups in total. The van der Waals surface area contributed by atoms with Crippen LogP contribution in [-0.2, 0) is 14.8 Å². The number of sulfonamides is 1. The number of hydrogen-bond acceptors (Lipinski definition) is 5. The molecule has 2 aromatic rings. The summed E-state index contributed by atoms with van der Waals surface area (Å²) in [6.45, 7) is 2.71. The Morgan fingerprint density at radius 1 is 1.06 bits per heavy atom. The molecule has 0 saturated carbocycles. The number of alkyl halides is 3. The molecular weight excluding hydrogens is 471 g/mol. The summed E-state index contributed by atoms with van der Waals surface area (Å²) in [6.07, 6.45) is -4.79. The average Bonchev–Trinajstić information content (AvgIpc) is 2.74. The molecule has 32 heavy (non-hydrogen) atoms. The highest BCUT2D eigenvalue weighted by Gasteiger charge is 2.33. The quantitative estimate of drug-likeness (QED) is 0.668. The van der Waals surface area contributed by atoms with Gasteiger partial charge in [0.15, 0.2) is 0 Å². The van der Waals surface area contributed by atoms with Gasteiger partial charge in [-0.15, -0.1) is 13.2 Å². The normalized spacial score (nSPS) is 17.0. The third-order valence-electron chi connectivity index (χ3n) is 5.01. The molecule has 0 spiro atoms. The Balaban J connectivity index is 1.56. The van der Waals surface area contributed by atoms with Crippen LogP contribution in [0.25, 0.3) is 0 Å². The van der Waals surface area contributed by atoms with Crippen LogP contribution in [0.15, 0.2) is 53.4 Å². The monoisotopic (exact) mass is 491 g/mol. The van der Waals surface area contributed by atoms with Gasteiger partial charge in [0.2, 0.25) is 15.9 Å². The molecule has 1 aliphatic heterocycles. The Hall–Kier alpha value is -2.34. The van der Waals surface area contributed by atoms with Gasteiger partial charge in [0.05, 0.1) is 11.1 Å². The van der Waals surface area contributed by atoms with Gasteiger partial charge in [0.1, 0.15) is 10.6 Å². The number of carbonyl (C=O) groups is 1. The lowest BCUT2D eigenvalue weighted by Crippen LogP contribution is -2.53. The fourth-order valence-electron chi connectivity index (χ4n) is 3.28. The summed E-state index contributed by atoms with van der Waals surface area (Å²) in [4.78, 5) is 14.4. The van der Waals surface area contributed by atoms with E-state index in [2.05, 4.69) is 10.1 Å². The maximum absolute atomic E-state index is 12.8. The first kappa shape index (κ1) is 24.3. The Kier molecular flexibility index (Phi) is 7.33. The summed E-state index contributed by atoms with van der Waals surface area (Å²) >= 11 is 6.03. The van der Waals surface area contributed by atoms with Crippen LogP contribution in [0.1, 0.15) is 6.92 Å². The summed E-state index contributed by atoms with van der Waals surface area (Å²) in [5.74, 6) is -0.753. The minimum atomic E-state index is -4.79. The van der Waals surface area contributed by atoms with Gasteiger partial charge in [-0.1, -0.05) is 23.7 Å². The van der Waals surface area contributed by atoms with Gasteiger partial charge in [-0.3, -0.25) is 9.69 Å². The molecule has 0 aromatic heterocycles. The van der Waals surface area contributed by atoms with E-state index in [0.29, 0.717) is 18.8 Å². The molecule has 1 saturated heterocycles. The second-order valence-corrected chi connectivity index (χ2v) is 9.42. The van der Waals surface area contributed by atoms with E-state index in [1.807, 2.05) is 4.90 Å². The zero-order valence-electron chi connectivity index (χ0n) is 17.0. The zero-order valence-corrected chi connectivity index (χ0v) is 18.5. The molecule has 7 nitrogen and oxygen atoms in total. The number of nitrogens with zero attached hydrogens (tertiary/aromatic N) is 2. The second-order valence-electron chi connectivity index (χ2n) is 7.11. The number of hydrogen-bond donors (Lipinski definition) is 1. The largest absolute Gasteiger partial charge is 0.573 e. The number of halogens is 4. The fourth-order valence-corrected chi connectivity index (χ4v) is 5.19. The molecule has 0 radical (unpaired) electrons. The molecule has 0 aliphatic carbocycles. The topological polar surface area (TPSA) is 79.0 Å². The van der Waals surface area contributed by atoms with Crippen molar-refractivity contribution >= 4 is 33.2 Å². The Morgan fingerprint density at radius 2 is 1.66 bits per heavy atom. The third-order valence-corrected chi connectivity index (χ3v) is 7.41. The minimum Gasteiger partial charge on any atom is -0.406 e. The van der Waals surface area contributed by atoms with E-state index in [9.17, 15) is 26.4 Å². The van der Waals surface area contributed by atoms with Crippen molar-refractivity contribution in [3.63, 3.8) is 0 Å². The maximum atomic E-state index is 12.8. The summed E-state index contributed by atoms with van der Waals surface area (Å²) in [7, 11) is -3.75. The molecule has 0 bridgehead atoms. The zero-order chi connectivity index (χ0) is 23.5. The highest BCUT2D eigenvalue weighted by Crippen LogP contribution is 2.26. The lowest BCUT2D eigenvalue weighted by Gasteiger charge is -2.36. The van der Waals surface area contributed by atoms with E-state index in [1.54, 1.807) is 19.1 Å². The van der Waals surface area contributed by atoms with Crippen LogP contribution in [0.5, 0.6) is 5.75 Å². The van der Waals surface area contributed by atoms with E-state index in [0.717, 1.165) is 12.1 Å². The van der Waals surface area contributed by atoms with Gasteiger partial charge >= 0.3 is 6.36 Å². The lowest BCUT2D eigenvalue weighted by atomic mass is 10.2. The summed E-state index contributed by atoms with van der Waals surface area (Å²) in [5, 5.41) is 2.78.